The van der Waals surface area contributed by atoms with Gasteiger partial charge in [-0.15, -0.1) is 0 Å². The summed E-state index contributed by atoms with van der Waals surface area (Å²) in [4.78, 5) is 14.4. The average Bonchev–Trinajstić information content (AvgIpc) is 2.30. The molecule has 0 aromatic carbocycles. The minimum absolute atomic E-state index is 0.121. The van der Waals surface area contributed by atoms with Crippen LogP contribution in [0.3, 0.4) is 0 Å². The van der Waals surface area contributed by atoms with Gasteiger partial charge in [-0.3, -0.25) is 4.79 Å². The molecule has 1 N–H and O–H groups in total. The van der Waals surface area contributed by atoms with Crippen LogP contribution >= 0.6 is 11.6 Å². The highest BCUT2D eigenvalue weighted by molar-refractivity contribution is 6.32. The Hall–Kier alpha value is -1.09. The van der Waals surface area contributed by atoms with Gasteiger partial charge in [0.1, 0.15) is 5.82 Å². The molecule has 0 saturated heterocycles. The number of hydrogen-bond acceptors (Lipinski definition) is 2. The molecule has 0 saturated carbocycles. The van der Waals surface area contributed by atoms with Gasteiger partial charge in [-0.25, -0.2) is 4.99 Å². The van der Waals surface area contributed by atoms with E-state index >= 15 is 0 Å². The summed E-state index contributed by atoms with van der Waals surface area (Å²) < 4.78 is 0. The zero-order valence-corrected chi connectivity index (χ0v) is 6.61. The number of halogens is 1. The van der Waals surface area contributed by atoms with Gasteiger partial charge < -0.3 is 5.32 Å². The molecular weight excluding hydrogens is 164 g/mol. The van der Waals surface area contributed by atoms with E-state index in [1.165, 1.54) is 0 Å². The van der Waals surface area contributed by atoms with Crippen LogP contribution in [0.5, 0.6) is 0 Å². The Kier molecular flexibility index (Phi) is 2.10. The van der Waals surface area contributed by atoms with E-state index < -0.39 is 0 Å². The maximum atomic E-state index is 10.8. The third kappa shape index (κ3) is 1.49. The first-order chi connectivity index (χ1) is 5.15. The predicted molar refractivity (Wildman–Crippen MR) is 44.3 cm³/mol. The zero-order chi connectivity index (χ0) is 8.43. The summed E-state index contributed by atoms with van der Waals surface area (Å²) in [6.45, 7) is 6.78. The molecule has 4 heteroatoms. The van der Waals surface area contributed by atoms with Crippen LogP contribution in [0.4, 0.5) is 0 Å². The van der Waals surface area contributed by atoms with Gasteiger partial charge in [0, 0.05) is 10.6 Å². The number of amides is 1. The molecular formula is C7H7ClN2O. The Morgan fingerprint density at radius 1 is 1.73 bits per heavy atom. The average molecular weight is 171 g/mol. The standard InChI is InChI=1S/C7H7ClN2O/c1-4(8)5-3-6(11)10-7(5)9-2/h1-3H2,(H,10,11). The van der Waals surface area contributed by atoms with Gasteiger partial charge in [0.15, 0.2) is 0 Å². The normalized spacial score (nSPS) is 16.6. The van der Waals surface area contributed by atoms with E-state index in [0.717, 1.165) is 0 Å². The summed E-state index contributed by atoms with van der Waals surface area (Å²) in [6, 6.07) is 0. The van der Waals surface area contributed by atoms with Crippen molar-refractivity contribution in [2.24, 2.45) is 4.99 Å². The lowest BCUT2D eigenvalue weighted by Gasteiger charge is -1.95. The van der Waals surface area contributed by atoms with Crippen molar-refractivity contribution in [1.82, 2.24) is 5.32 Å². The molecule has 1 amide bonds. The van der Waals surface area contributed by atoms with Gasteiger partial charge in [-0.1, -0.05) is 18.2 Å². The van der Waals surface area contributed by atoms with Gasteiger partial charge in [0.25, 0.3) is 0 Å². The molecule has 0 radical (unpaired) electrons. The van der Waals surface area contributed by atoms with E-state index in [-0.39, 0.29) is 12.3 Å². The Bertz CT molecular complexity index is 268. The first-order valence-electron chi connectivity index (χ1n) is 2.99. The Morgan fingerprint density at radius 3 is 2.73 bits per heavy atom. The summed E-state index contributed by atoms with van der Waals surface area (Å²) in [5, 5.41) is 2.84. The van der Waals surface area contributed by atoms with Crippen molar-refractivity contribution in [3.8, 4) is 0 Å². The molecule has 0 aliphatic carbocycles. The zero-order valence-electron chi connectivity index (χ0n) is 5.85. The highest BCUT2D eigenvalue weighted by atomic mass is 35.5. The highest BCUT2D eigenvalue weighted by Crippen LogP contribution is 2.24. The summed E-state index contributed by atoms with van der Waals surface area (Å²) in [6.07, 6.45) is 0.247. The van der Waals surface area contributed by atoms with Gasteiger partial charge in [0.05, 0.1) is 6.42 Å². The second kappa shape index (κ2) is 2.88. The van der Waals surface area contributed by atoms with Crippen LogP contribution in [0.1, 0.15) is 6.42 Å². The quantitative estimate of drug-likeness (QED) is 0.621. The SMILES string of the molecule is C=NC1=C(C(=C)Cl)CC(=O)N1. The topological polar surface area (TPSA) is 41.5 Å². The number of allylic oxidation sites excluding steroid dienone is 1. The molecule has 1 heterocycles. The van der Waals surface area contributed by atoms with Crippen LogP contribution in [0, 0.1) is 0 Å². The molecule has 0 unspecified atom stereocenters. The minimum Gasteiger partial charge on any atom is -0.310 e. The molecule has 1 aliphatic heterocycles. The second-order valence-corrected chi connectivity index (χ2v) is 2.57. The van der Waals surface area contributed by atoms with Crippen molar-refractivity contribution in [3.63, 3.8) is 0 Å². The number of carbonyl (C=O) groups is 1. The molecule has 0 spiro atoms. The van der Waals surface area contributed by atoms with Crippen molar-refractivity contribution in [2.75, 3.05) is 0 Å². The molecule has 1 aliphatic rings. The van der Waals surface area contributed by atoms with Gasteiger partial charge in [0.2, 0.25) is 5.91 Å². The van der Waals surface area contributed by atoms with Crippen molar-refractivity contribution in [1.29, 1.82) is 0 Å². The largest absolute Gasteiger partial charge is 0.310 e. The molecule has 0 aromatic heterocycles. The smallest absolute Gasteiger partial charge is 0.230 e. The first kappa shape index (κ1) is 8.01. The fourth-order valence-electron chi connectivity index (χ4n) is 0.855. The van der Waals surface area contributed by atoms with E-state index in [0.29, 0.717) is 16.4 Å². The molecule has 0 atom stereocenters. The number of nitrogens with zero attached hydrogens (tertiary/aromatic N) is 1. The fourth-order valence-corrected chi connectivity index (χ4v) is 1.01. The maximum absolute atomic E-state index is 10.8. The summed E-state index contributed by atoms with van der Waals surface area (Å²) in [7, 11) is 0. The first-order valence-corrected chi connectivity index (χ1v) is 3.37. The molecule has 0 fully saturated rings. The third-order valence-electron chi connectivity index (χ3n) is 1.37. The number of rotatable bonds is 2. The summed E-state index contributed by atoms with van der Waals surface area (Å²) >= 11 is 5.59. The van der Waals surface area contributed by atoms with Gasteiger partial charge >= 0.3 is 0 Å². The Labute approximate surface area is 69.5 Å². The van der Waals surface area contributed by atoms with E-state index in [1.807, 2.05) is 0 Å². The van der Waals surface area contributed by atoms with Crippen molar-refractivity contribution < 1.29 is 4.79 Å². The second-order valence-electron chi connectivity index (χ2n) is 2.12. The molecule has 0 bridgehead atoms. The van der Waals surface area contributed by atoms with E-state index in [1.54, 1.807) is 0 Å². The number of aliphatic imine (C=N–C) groups is 1. The Balaban J connectivity index is 2.96. The van der Waals surface area contributed by atoms with Crippen molar-refractivity contribution >= 4 is 24.2 Å². The van der Waals surface area contributed by atoms with Crippen molar-refractivity contribution in [2.45, 2.75) is 6.42 Å². The van der Waals surface area contributed by atoms with Crippen LogP contribution in [0.25, 0.3) is 0 Å². The molecule has 3 nitrogen and oxygen atoms in total. The summed E-state index contributed by atoms with van der Waals surface area (Å²) in [5.74, 6) is 0.305. The Morgan fingerprint density at radius 2 is 2.36 bits per heavy atom. The van der Waals surface area contributed by atoms with E-state index in [2.05, 4.69) is 23.6 Å². The van der Waals surface area contributed by atoms with Crippen LogP contribution in [0.15, 0.2) is 28.0 Å². The molecule has 1 rings (SSSR count). The predicted octanol–water partition coefficient (Wildman–Crippen LogP) is 1.17. The van der Waals surface area contributed by atoms with E-state index in [9.17, 15) is 4.79 Å². The van der Waals surface area contributed by atoms with Crippen LogP contribution in [0.2, 0.25) is 0 Å². The lowest BCUT2D eigenvalue weighted by atomic mass is 10.2. The maximum Gasteiger partial charge on any atom is 0.230 e. The minimum atomic E-state index is -0.121. The lowest BCUT2D eigenvalue weighted by Crippen LogP contribution is -2.13. The molecule has 0 aromatic rings. The fraction of sp³-hybridized carbons (Fsp3) is 0.143. The summed E-state index contributed by atoms with van der Waals surface area (Å²) in [5.41, 5.74) is 0.631. The number of hydrogen-bond donors (Lipinski definition) is 1. The third-order valence-corrected chi connectivity index (χ3v) is 1.59. The van der Waals surface area contributed by atoms with E-state index in [4.69, 9.17) is 11.6 Å². The van der Waals surface area contributed by atoms with Crippen molar-refractivity contribution in [3.05, 3.63) is 23.0 Å². The van der Waals surface area contributed by atoms with Gasteiger partial charge in [-0.05, 0) is 6.72 Å². The van der Waals surface area contributed by atoms with Crippen LogP contribution in [-0.4, -0.2) is 12.6 Å². The molecule has 11 heavy (non-hydrogen) atoms. The van der Waals surface area contributed by atoms with Gasteiger partial charge in [-0.2, -0.15) is 0 Å². The van der Waals surface area contributed by atoms with Crippen LogP contribution in [-0.2, 0) is 4.79 Å². The van der Waals surface area contributed by atoms with Crippen LogP contribution < -0.4 is 5.32 Å². The monoisotopic (exact) mass is 170 g/mol. The number of carbonyl (C=O) groups excluding carboxylic acids is 1. The highest BCUT2D eigenvalue weighted by Gasteiger charge is 2.20. The lowest BCUT2D eigenvalue weighted by molar-refractivity contribution is -0.118. The molecule has 58 valence electrons. The number of nitrogens with one attached hydrogen (secondary N) is 1.